The van der Waals surface area contributed by atoms with E-state index in [9.17, 15) is 19.7 Å². The predicted octanol–water partition coefficient (Wildman–Crippen LogP) is 1.53. The van der Waals surface area contributed by atoms with Crippen LogP contribution in [0.3, 0.4) is 0 Å². The molecule has 0 aliphatic rings. The number of nitro groups is 1. The average Bonchev–Trinajstić information content (AvgIpc) is 2.57. The molecule has 2 N–H and O–H groups in total. The Bertz CT molecular complexity index is 654. The normalized spacial score (nSPS) is 11.3. The number of likely N-dealkylation sites (N-methyl/N-ethyl adjacent to an activating group) is 1. The fourth-order valence-electron chi connectivity index (χ4n) is 2.21. The molecule has 0 aliphatic heterocycles. The summed E-state index contributed by atoms with van der Waals surface area (Å²) < 4.78 is 0. The molecule has 1 rings (SSSR count). The van der Waals surface area contributed by atoms with Crippen LogP contribution in [-0.2, 0) is 9.59 Å². The molecule has 2 amide bonds. The van der Waals surface area contributed by atoms with E-state index in [4.69, 9.17) is 0 Å². The van der Waals surface area contributed by atoms with E-state index >= 15 is 0 Å². The molecule has 0 radical (unpaired) electrons. The van der Waals surface area contributed by atoms with Crippen molar-refractivity contribution in [2.45, 2.75) is 20.8 Å². The maximum absolute atomic E-state index is 12.3. The van der Waals surface area contributed by atoms with E-state index in [1.54, 1.807) is 6.07 Å². The SMILES string of the molecule is CCN(CC)CCNC(=O)/C(=C/c1cccc([N+](=O)[O-])c1)NC(C)=O. The zero-order valence-corrected chi connectivity index (χ0v) is 14.7. The molecule has 0 bridgehead atoms. The maximum atomic E-state index is 12.3. The number of benzene rings is 1. The number of nitro benzene ring substituents is 1. The minimum absolute atomic E-state index is 0.0487. The van der Waals surface area contributed by atoms with E-state index in [2.05, 4.69) is 15.5 Å². The molecular weight excluding hydrogens is 324 g/mol. The van der Waals surface area contributed by atoms with Gasteiger partial charge in [0.25, 0.3) is 11.6 Å². The second-order valence-electron chi connectivity index (χ2n) is 5.37. The minimum Gasteiger partial charge on any atom is -0.349 e. The van der Waals surface area contributed by atoms with Gasteiger partial charge in [-0.2, -0.15) is 0 Å². The quantitative estimate of drug-likeness (QED) is 0.400. The maximum Gasteiger partial charge on any atom is 0.270 e. The molecule has 0 unspecified atom stereocenters. The Kier molecular flexibility index (Phi) is 8.28. The predicted molar refractivity (Wildman–Crippen MR) is 95.7 cm³/mol. The number of carbonyl (C=O) groups excluding carboxylic acids is 2. The highest BCUT2D eigenvalue weighted by molar-refractivity contribution is 6.00. The summed E-state index contributed by atoms with van der Waals surface area (Å²) in [6.07, 6.45) is 1.42. The lowest BCUT2D eigenvalue weighted by Crippen LogP contribution is -2.38. The molecule has 0 atom stereocenters. The van der Waals surface area contributed by atoms with Gasteiger partial charge in [0.2, 0.25) is 5.91 Å². The fraction of sp³-hybridized carbons (Fsp3) is 0.412. The van der Waals surface area contributed by atoms with E-state index in [1.807, 2.05) is 13.8 Å². The molecule has 8 nitrogen and oxygen atoms in total. The first kappa shape index (κ1) is 20.3. The molecule has 0 saturated carbocycles. The standard InChI is InChI=1S/C17H24N4O4/c1-4-20(5-2)10-9-18-17(23)16(19-13(3)22)12-14-7-6-8-15(11-14)21(24)25/h6-8,11-12H,4-5,9-10H2,1-3H3,(H,18,23)(H,19,22)/b16-12-. The molecule has 1 aromatic carbocycles. The molecule has 0 aromatic heterocycles. The first-order chi connectivity index (χ1) is 11.9. The van der Waals surface area contributed by atoms with Gasteiger partial charge in [0.1, 0.15) is 5.70 Å². The Morgan fingerprint density at radius 2 is 1.96 bits per heavy atom. The first-order valence-corrected chi connectivity index (χ1v) is 8.11. The summed E-state index contributed by atoms with van der Waals surface area (Å²) in [4.78, 5) is 36.1. The minimum atomic E-state index is -0.514. The largest absolute Gasteiger partial charge is 0.349 e. The third kappa shape index (κ3) is 7.13. The summed E-state index contributed by atoms with van der Waals surface area (Å²) in [5.41, 5.74) is 0.419. The molecule has 0 spiro atoms. The van der Waals surface area contributed by atoms with Gasteiger partial charge in [-0.05, 0) is 24.7 Å². The third-order valence-electron chi connectivity index (χ3n) is 3.56. The summed E-state index contributed by atoms with van der Waals surface area (Å²) >= 11 is 0. The van der Waals surface area contributed by atoms with Gasteiger partial charge in [0, 0.05) is 32.1 Å². The number of carbonyl (C=O) groups is 2. The van der Waals surface area contributed by atoms with Crippen molar-refractivity contribution in [2.24, 2.45) is 0 Å². The van der Waals surface area contributed by atoms with E-state index < -0.39 is 16.7 Å². The van der Waals surface area contributed by atoms with Crippen LogP contribution in [0, 0.1) is 10.1 Å². The highest BCUT2D eigenvalue weighted by Gasteiger charge is 2.12. The second-order valence-corrected chi connectivity index (χ2v) is 5.37. The van der Waals surface area contributed by atoms with Crippen LogP contribution in [0.25, 0.3) is 6.08 Å². The Labute approximate surface area is 147 Å². The number of hydrogen-bond acceptors (Lipinski definition) is 5. The van der Waals surface area contributed by atoms with Crippen LogP contribution < -0.4 is 10.6 Å². The molecule has 0 saturated heterocycles. The highest BCUT2D eigenvalue weighted by Crippen LogP contribution is 2.15. The van der Waals surface area contributed by atoms with Crippen molar-refractivity contribution in [1.82, 2.24) is 15.5 Å². The van der Waals surface area contributed by atoms with Gasteiger partial charge < -0.3 is 15.5 Å². The van der Waals surface area contributed by atoms with Gasteiger partial charge in [-0.15, -0.1) is 0 Å². The third-order valence-corrected chi connectivity index (χ3v) is 3.56. The lowest BCUT2D eigenvalue weighted by atomic mass is 10.1. The Balaban J connectivity index is 2.88. The van der Waals surface area contributed by atoms with Crippen LogP contribution in [-0.4, -0.2) is 47.8 Å². The first-order valence-electron chi connectivity index (χ1n) is 8.11. The van der Waals surface area contributed by atoms with Crippen molar-refractivity contribution in [3.05, 3.63) is 45.6 Å². The molecule has 136 valence electrons. The van der Waals surface area contributed by atoms with Crippen molar-refractivity contribution >= 4 is 23.6 Å². The van der Waals surface area contributed by atoms with Crippen LogP contribution >= 0.6 is 0 Å². The smallest absolute Gasteiger partial charge is 0.270 e. The Morgan fingerprint density at radius 3 is 2.52 bits per heavy atom. The lowest BCUT2D eigenvalue weighted by molar-refractivity contribution is -0.384. The molecule has 0 aliphatic carbocycles. The van der Waals surface area contributed by atoms with Crippen LogP contribution in [0.1, 0.15) is 26.3 Å². The number of non-ortho nitro benzene ring substituents is 1. The Hall–Kier alpha value is -2.74. The molecule has 25 heavy (non-hydrogen) atoms. The summed E-state index contributed by atoms with van der Waals surface area (Å²) in [5.74, 6) is -0.829. The fourth-order valence-corrected chi connectivity index (χ4v) is 2.21. The summed E-state index contributed by atoms with van der Waals surface area (Å²) in [5, 5.41) is 16.1. The molecule has 8 heteroatoms. The monoisotopic (exact) mass is 348 g/mol. The van der Waals surface area contributed by atoms with Crippen molar-refractivity contribution in [2.75, 3.05) is 26.2 Å². The number of amides is 2. The summed E-state index contributed by atoms with van der Waals surface area (Å²) in [6, 6.07) is 5.84. The van der Waals surface area contributed by atoms with E-state index in [-0.39, 0.29) is 11.4 Å². The van der Waals surface area contributed by atoms with Crippen molar-refractivity contribution in [1.29, 1.82) is 0 Å². The molecular formula is C17H24N4O4. The highest BCUT2D eigenvalue weighted by atomic mass is 16.6. The van der Waals surface area contributed by atoms with Gasteiger partial charge in [0.05, 0.1) is 4.92 Å². The van der Waals surface area contributed by atoms with Crippen molar-refractivity contribution < 1.29 is 14.5 Å². The van der Waals surface area contributed by atoms with Gasteiger partial charge in [-0.3, -0.25) is 19.7 Å². The van der Waals surface area contributed by atoms with Crippen LogP contribution in [0.2, 0.25) is 0 Å². The number of hydrogen-bond donors (Lipinski definition) is 2. The number of nitrogens with one attached hydrogen (secondary N) is 2. The van der Waals surface area contributed by atoms with E-state index in [1.165, 1.54) is 31.2 Å². The molecule has 0 heterocycles. The van der Waals surface area contributed by atoms with Crippen molar-refractivity contribution in [3.8, 4) is 0 Å². The van der Waals surface area contributed by atoms with Crippen LogP contribution in [0.5, 0.6) is 0 Å². The van der Waals surface area contributed by atoms with Gasteiger partial charge in [-0.25, -0.2) is 0 Å². The van der Waals surface area contributed by atoms with E-state index in [0.29, 0.717) is 18.7 Å². The lowest BCUT2D eigenvalue weighted by Gasteiger charge is -2.18. The zero-order valence-electron chi connectivity index (χ0n) is 14.7. The number of nitrogens with zero attached hydrogens (tertiary/aromatic N) is 2. The number of rotatable bonds is 9. The van der Waals surface area contributed by atoms with Crippen molar-refractivity contribution in [3.63, 3.8) is 0 Å². The van der Waals surface area contributed by atoms with Gasteiger partial charge >= 0.3 is 0 Å². The van der Waals surface area contributed by atoms with E-state index in [0.717, 1.165) is 13.1 Å². The molecule has 1 aromatic rings. The Morgan fingerprint density at radius 1 is 1.28 bits per heavy atom. The second kappa shape index (κ2) is 10.2. The summed E-state index contributed by atoms with van der Waals surface area (Å²) in [6.45, 7) is 8.27. The average molecular weight is 348 g/mol. The van der Waals surface area contributed by atoms with Crippen LogP contribution in [0.15, 0.2) is 30.0 Å². The molecule has 0 fully saturated rings. The van der Waals surface area contributed by atoms with Gasteiger partial charge in [-0.1, -0.05) is 26.0 Å². The summed E-state index contributed by atoms with van der Waals surface area (Å²) in [7, 11) is 0. The van der Waals surface area contributed by atoms with Crippen LogP contribution in [0.4, 0.5) is 5.69 Å². The van der Waals surface area contributed by atoms with Gasteiger partial charge in [0.15, 0.2) is 0 Å². The zero-order chi connectivity index (χ0) is 18.8. The topological polar surface area (TPSA) is 105 Å².